The lowest BCUT2D eigenvalue weighted by Gasteiger charge is -2.14. The molecule has 7 heteroatoms. The molecule has 0 atom stereocenters. The van der Waals surface area contributed by atoms with Crippen LogP contribution in [-0.4, -0.2) is 43.1 Å². The maximum Gasteiger partial charge on any atom is 0.256 e. The van der Waals surface area contributed by atoms with Crippen LogP contribution in [0.3, 0.4) is 0 Å². The number of methoxy groups -OCH3 is 2. The molecule has 1 heterocycles. The fourth-order valence-electron chi connectivity index (χ4n) is 1.18. The molecule has 1 aromatic rings. The van der Waals surface area contributed by atoms with E-state index in [1.54, 1.807) is 0 Å². The third-order valence-corrected chi connectivity index (χ3v) is 2.10. The summed E-state index contributed by atoms with van der Waals surface area (Å²) in [7, 11) is 2.88. The number of rotatable bonds is 5. The number of hydrogen-bond donors (Lipinski definition) is 3. The zero-order valence-corrected chi connectivity index (χ0v) is 9.52. The van der Waals surface area contributed by atoms with Gasteiger partial charge in [0.05, 0.1) is 12.1 Å². The van der Waals surface area contributed by atoms with Crippen LogP contribution in [0.1, 0.15) is 10.4 Å². The fraction of sp³-hybridized carbons (Fsp3) is 0.400. The molecule has 94 valence electrons. The van der Waals surface area contributed by atoms with E-state index >= 15 is 0 Å². The standard InChI is InChI=1S/C10H14N2O5/c1-16-9(17-2)5-12-10(15)6-4-11-8(14)3-7(6)13/h3-4,9H,5H2,1-2H3,(H,12,15)(H2,11,13,14). The topological polar surface area (TPSA) is 101 Å². The minimum absolute atomic E-state index is 0.0180. The largest absolute Gasteiger partial charge is 0.507 e. The van der Waals surface area contributed by atoms with Crippen molar-refractivity contribution in [2.45, 2.75) is 6.29 Å². The number of H-pyrrole nitrogens is 1. The second kappa shape index (κ2) is 6.02. The summed E-state index contributed by atoms with van der Waals surface area (Å²) in [4.78, 5) is 24.7. The van der Waals surface area contributed by atoms with Crippen LogP contribution in [-0.2, 0) is 9.47 Å². The van der Waals surface area contributed by atoms with Crippen LogP contribution in [0.25, 0.3) is 0 Å². The van der Waals surface area contributed by atoms with E-state index in [0.29, 0.717) is 0 Å². The number of hydrogen-bond acceptors (Lipinski definition) is 5. The number of aromatic nitrogens is 1. The first kappa shape index (κ1) is 13.2. The Morgan fingerprint density at radius 1 is 1.53 bits per heavy atom. The molecule has 0 aromatic carbocycles. The van der Waals surface area contributed by atoms with Crippen molar-refractivity contribution in [3.05, 3.63) is 28.2 Å². The maximum atomic E-state index is 11.6. The normalized spacial score (nSPS) is 10.5. The summed E-state index contributed by atoms with van der Waals surface area (Å²) in [6, 6.07) is 0.930. The van der Waals surface area contributed by atoms with E-state index < -0.39 is 17.8 Å². The van der Waals surface area contributed by atoms with Crippen molar-refractivity contribution < 1.29 is 19.4 Å². The monoisotopic (exact) mass is 242 g/mol. The molecule has 0 saturated carbocycles. The molecular formula is C10H14N2O5. The van der Waals surface area contributed by atoms with Crippen LogP contribution in [0.4, 0.5) is 0 Å². The molecule has 0 bridgehead atoms. The van der Waals surface area contributed by atoms with Crippen molar-refractivity contribution in [1.82, 2.24) is 10.3 Å². The molecule has 0 aliphatic heterocycles. The van der Waals surface area contributed by atoms with Gasteiger partial charge < -0.3 is 24.9 Å². The Morgan fingerprint density at radius 3 is 2.71 bits per heavy atom. The predicted molar refractivity (Wildman–Crippen MR) is 58.9 cm³/mol. The highest BCUT2D eigenvalue weighted by molar-refractivity contribution is 5.96. The second-order valence-corrected chi connectivity index (χ2v) is 3.21. The van der Waals surface area contributed by atoms with Gasteiger partial charge in [0, 0.05) is 26.5 Å². The molecule has 17 heavy (non-hydrogen) atoms. The van der Waals surface area contributed by atoms with Crippen molar-refractivity contribution in [1.29, 1.82) is 0 Å². The molecule has 0 radical (unpaired) electrons. The summed E-state index contributed by atoms with van der Waals surface area (Å²) < 4.78 is 9.76. The lowest BCUT2D eigenvalue weighted by atomic mass is 10.2. The van der Waals surface area contributed by atoms with E-state index in [0.717, 1.165) is 12.3 Å². The summed E-state index contributed by atoms with van der Waals surface area (Å²) >= 11 is 0. The van der Waals surface area contributed by atoms with Crippen LogP contribution in [0.15, 0.2) is 17.1 Å². The van der Waals surface area contributed by atoms with Crippen molar-refractivity contribution in [2.75, 3.05) is 20.8 Å². The van der Waals surface area contributed by atoms with Crippen LogP contribution >= 0.6 is 0 Å². The van der Waals surface area contributed by atoms with Crippen molar-refractivity contribution in [3.63, 3.8) is 0 Å². The molecule has 0 saturated heterocycles. The number of aromatic amines is 1. The molecule has 0 spiro atoms. The number of pyridine rings is 1. The average Bonchev–Trinajstić information content (AvgIpc) is 2.30. The summed E-state index contributed by atoms with van der Waals surface area (Å²) in [5.41, 5.74) is -0.499. The van der Waals surface area contributed by atoms with Crippen LogP contribution in [0, 0.1) is 0 Å². The van der Waals surface area contributed by atoms with Gasteiger partial charge in [-0.2, -0.15) is 0 Å². The summed E-state index contributed by atoms with van der Waals surface area (Å²) in [5.74, 6) is -0.907. The summed E-state index contributed by atoms with van der Waals surface area (Å²) in [6.45, 7) is 0.129. The third kappa shape index (κ3) is 3.58. The number of nitrogens with one attached hydrogen (secondary N) is 2. The van der Waals surface area contributed by atoms with Gasteiger partial charge in [-0.05, 0) is 0 Å². The van der Waals surface area contributed by atoms with Gasteiger partial charge in [-0.15, -0.1) is 0 Å². The predicted octanol–water partition coefficient (Wildman–Crippen LogP) is -0.571. The van der Waals surface area contributed by atoms with Gasteiger partial charge in [-0.25, -0.2) is 0 Å². The van der Waals surface area contributed by atoms with Gasteiger partial charge in [-0.1, -0.05) is 0 Å². The molecule has 0 fully saturated rings. The Morgan fingerprint density at radius 2 is 2.18 bits per heavy atom. The quantitative estimate of drug-likeness (QED) is 0.600. The second-order valence-electron chi connectivity index (χ2n) is 3.21. The van der Waals surface area contributed by atoms with Gasteiger partial charge in [0.25, 0.3) is 11.5 Å². The minimum Gasteiger partial charge on any atom is -0.507 e. The zero-order valence-electron chi connectivity index (χ0n) is 9.52. The molecule has 1 rings (SSSR count). The highest BCUT2D eigenvalue weighted by Gasteiger charge is 2.13. The van der Waals surface area contributed by atoms with Crippen LogP contribution < -0.4 is 10.9 Å². The molecule has 1 amide bonds. The van der Waals surface area contributed by atoms with Crippen molar-refractivity contribution in [3.8, 4) is 5.75 Å². The SMILES string of the molecule is COC(CNC(=O)c1c[nH]c(=O)cc1O)OC. The molecular weight excluding hydrogens is 228 g/mol. The van der Waals surface area contributed by atoms with Crippen LogP contribution in [0.5, 0.6) is 5.75 Å². The number of carbonyl (C=O) groups excluding carboxylic acids is 1. The van der Waals surface area contributed by atoms with E-state index in [1.807, 2.05) is 0 Å². The lowest BCUT2D eigenvalue weighted by molar-refractivity contribution is -0.0974. The Labute approximate surface area is 97.4 Å². The van der Waals surface area contributed by atoms with Crippen molar-refractivity contribution in [2.24, 2.45) is 0 Å². The summed E-state index contributed by atoms with van der Waals surface area (Å²) in [6.07, 6.45) is 0.575. The van der Waals surface area contributed by atoms with Gasteiger partial charge in [0.2, 0.25) is 0 Å². The lowest BCUT2D eigenvalue weighted by Crippen LogP contribution is -2.34. The molecule has 0 unspecified atom stereocenters. The fourth-order valence-corrected chi connectivity index (χ4v) is 1.18. The maximum absolute atomic E-state index is 11.6. The first-order valence-corrected chi connectivity index (χ1v) is 4.84. The highest BCUT2D eigenvalue weighted by atomic mass is 16.7. The van der Waals surface area contributed by atoms with E-state index in [9.17, 15) is 14.7 Å². The molecule has 0 aliphatic rings. The van der Waals surface area contributed by atoms with Gasteiger partial charge in [-0.3, -0.25) is 9.59 Å². The Bertz CT molecular complexity index is 439. The van der Waals surface area contributed by atoms with Gasteiger partial charge in [0.15, 0.2) is 6.29 Å². The number of carbonyl (C=O) groups is 1. The zero-order chi connectivity index (χ0) is 12.8. The minimum atomic E-state index is -0.566. The number of aromatic hydroxyl groups is 1. The highest BCUT2D eigenvalue weighted by Crippen LogP contribution is 2.11. The summed E-state index contributed by atoms with van der Waals surface area (Å²) in [5, 5.41) is 11.9. The van der Waals surface area contributed by atoms with E-state index in [2.05, 4.69) is 10.3 Å². The first-order valence-electron chi connectivity index (χ1n) is 4.84. The van der Waals surface area contributed by atoms with E-state index in [1.165, 1.54) is 14.2 Å². The molecule has 3 N–H and O–H groups in total. The van der Waals surface area contributed by atoms with Crippen LogP contribution in [0.2, 0.25) is 0 Å². The third-order valence-electron chi connectivity index (χ3n) is 2.10. The Hall–Kier alpha value is -1.86. The molecule has 0 aliphatic carbocycles. The molecule has 7 nitrogen and oxygen atoms in total. The smallest absolute Gasteiger partial charge is 0.256 e. The number of ether oxygens (including phenoxy) is 2. The molecule has 1 aromatic heterocycles. The Kier molecular flexibility index (Phi) is 4.68. The van der Waals surface area contributed by atoms with Gasteiger partial charge in [0.1, 0.15) is 5.75 Å². The van der Waals surface area contributed by atoms with E-state index in [4.69, 9.17) is 9.47 Å². The first-order chi connectivity index (χ1) is 8.08. The Balaban J connectivity index is 2.67. The van der Waals surface area contributed by atoms with Gasteiger partial charge >= 0.3 is 0 Å². The van der Waals surface area contributed by atoms with Crippen molar-refractivity contribution >= 4 is 5.91 Å². The average molecular weight is 242 g/mol. The van der Waals surface area contributed by atoms with E-state index in [-0.39, 0.29) is 17.9 Å². The number of amides is 1.